The highest BCUT2D eigenvalue weighted by Crippen LogP contribution is 2.17. The van der Waals surface area contributed by atoms with Crippen molar-refractivity contribution < 1.29 is 28.7 Å². The van der Waals surface area contributed by atoms with Crippen LogP contribution < -0.4 is 21.3 Å². The van der Waals surface area contributed by atoms with Crippen LogP contribution in [0.25, 0.3) is 0 Å². The summed E-state index contributed by atoms with van der Waals surface area (Å²) in [5.41, 5.74) is 1.95. The number of urea groups is 2. The first kappa shape index (κ1) is 24.5. The quantitative estimate of drug-likeness (QED) is 0.344. The standard InChI is InChI=1S/C21H32N6O6/c1-4-32-18(28)14-8-22-20(30)24-16(14)11-26-6-7-27(13(3)10-26)12-17-15(19(29)33-5-2)9-23-21(31)25-17/h13H,4-12H2,1-3H3,(H2,22,24,30)(H2,23,25,31). The van der Waals surface area contributed by atoms with Gasteiger partial charge in [-0.15, -0.1) is 0 Å². The van der Waals surface area contributed by atoms with Crippen LogP contribution in [-0.4, -0.2) is 98.9 Å². The van der Waals surface area contributed by atoms with Gasteiger partial charge in [0.1, 0.15) is 0 Å². The van der Waals surface area contributed by atoms with E-state index in [2.05, 4.69) is 38.0 Å². The predicted octanol–water partition coefficient (Wildman–Crippen LogP) is -0.747. The van der Waals surface area contributed by atoms with Crippen molar-refractivity contribution in [2.45, 2.75) is 26.8 Å². The van der Waals surface area contributed by atoms with Crippen LogP contribution in [0.1, 0.15) is 20.8 Å². The summed E-state index contributed by atoms with van der Waals surface area (Å²) in [5.74, 6) is -0.877. The molecule has 3 aliphatic heterocycles. The lowest BCUT2D eigenvalue weighted by Crippen LogP contribution is -2.56. The number of esters is 2. The maximum Gasteiger partial charge on any atom is 0.337 e. The summed E-state index contributed by atoms with van der Waals surface area (Å²) >= 11 is 0. The Labute approximate surface area is 192 Å². The van der Waals surface area contributed by atoms with Gasteiger partial charge < -0.3 is 30.7 Å². The third kappa shape index (κ3) is 6.23. The molecule has 3 aliphatic rings. The highest BCUT2D eigenvalue weighted by Gasteiger charge is 2.31. The number of amides is 4. The minimum Gasteiger partial charge on any atom is -0.463 e. The van der Waals surface area contributed by atoms with Gasteiger partial charge in [0.15, 0.2) is 0 Å². The topological polar surface area (TPSA) is 141 Å². The van der Waals surface area contributed by atoms with Crippen molar-refractivity contribution >= 4 is 24.0 Å². The van der Waals surface area contributed by atoms with E-state index in [0.717, 1.165) is 0 Å². The van der Waals surface area contributed by atoms with Crippen LogP contribution >= 0.6 is 0 Å². The maximum absolute atomic E-state index is 12.3. The van der Waals surface area contributed by atoms with E-state index in [1.165, 1.54) is 0 Å². The smallest absolute Gasteiger partial charge is 0.337 e. The zero-order valence-corrected chi connectivity index (χ0v) is 19.3. The van der Waals surface area contributed by atoms with Crippen molar-refractivity contribution in [3.05, 3.63) is 22.5 Å². The molecule has 4 amide bonds. The lowest BCUT2D eigenvalue weighted by atomic mass is 10.1. The highest BCUT2D eigenvalue weighted by molar-refractivity contribution is 5.94. The fraction of sp³-hybridized carbons (Fsp3) is 0.619. The third-order valence-electron chi connectivity index (χ3n) is 5.74. The lowest BCUT2D eigenvalue weighted by molar-refractivity contribution is -0.139. The van der Waals surface area contributed by atoms with Crippen LogP contribution in [0.5, 0.6) is 0 Å². The first-order chi connectivity index (χ1) is 15.8. The molecule has 4 N–H and O–H groups in total. The predicted molar refractivity (Wildman–Crippen MR) is 118 cm³/mol. The molecular weight excluding hydrogens is 432 g/mol. The monoisotopic (exact) mass is 464 g/mol. The zero-order chi connectivity index (χ0) is 24.0. The Morgan fingerprint density at radius 2 is 1.39 bits per heavy atom. The number of rotatable bonds is 8. The largest absolute Gasteiger partial charge is 0.463 e. The Bertz CT molecular complexity index is 869. The summed E-state index contributed by atoms with van der Waals surface area (Å²) in [6, 6.07) is -0.584. The average Bonchev–Trinajstić information content (AvgIpc) is 2.76. The summed E-state index contributed by atoms with van der Waals surface area (Å²) < 4.78 is 10.2. The molecule has 3 rings (SSSR count). The van der Waals surface area contributed by atoms with Gasteiger partial charge in [-0.25, -0.2) is 19.2 Å². The van der Waals surface area contributed by atoms with Gasteiger partial charge in [0.05, 0.1) is 37.4 Å². The molecule has 0 radical (unpaired) electrons. The van der Waals surface area contributed by atoms with Crippen molar-refractivity contribution in [2.24, 2.45) is 0 Å². The van der Waals surface area contributed by atoms with Gasteiger partial charge >= 0.3 is 24.0 Å². The van der Waals surface area contributed by atoms with E-state index in [4.69, 9.17) is 9.47 Å². The molecule has 3 heterocycles. The van der Waals surface area contributed by atoms with E-state index in [1.807, 2.05) is 0 Å². The number of nitrogens with one attached hydrogen (secondary N) is 4. The van der Waals surface area contributed by atoms with Crippen LogP contribution in [0.15, 0.2) is 22.5 Å². The van der Waals surface area contributed by atoms with E-state index in [0.29, 0.717) is 55.3 Å². The molecule has 1 saturated heterocycles. The van der Waals surface area contributed by atoms with E-state index >= 15 is 0 Å². The second-order valence-electron chi connectivity index (χ2n) is 8.03. The molecule has 1 atom stereocenters. The maximum atomic E-state index is 12.3. The molecule has 1 unspecified atom stereocenters. The number of carbonyl (C=O) groups is 4. The van der Waals surface area contributed by atoms with Crippen molar-refractivity contribution in [1.29, 1.82) is 0 Å². The number of piperazine rings is 1. The van der Waals surface area contributed by atoms with Crippen LogP contribution in [0.3, 0.4) is 0 Å². The molecule has 0 aromatic carbocycles. The minimum absolute atomic E-state index is 0.102. The summed E-state index contributed by atoms with van der Waals surface area (Å²) in [6.45, 7) is 9.18. The Morgan fingerprint density at radius 1 is 0.879 bits per heavy atom. The second-order valence-corrected chi connectivity index (χ2v) is 8.03. The molecule has 0 saturated carbocycles. The molecule has 33 heavy (non-hydrogen) atoms. The minimum atomic E-state index is -0.439. The fourth-order valence-corrected chi connectivity index (χ4v) is 4.04. The molecule has 0 bridgehead atoms. The number of hydrogen-bond acceptors (Lipinski definition) is 8. The SMILES string of the molecule is CCOC(=O)C1=C(CN2CCN(CC3=C(C(=O)OCC)CNC(=O)N3)C(C)C2)NC(=O)NC1. The molecule has 1 fully saturated rings. The molecular formula is C21H32N6O6. The Hall–Kier alpha value is -3.12. The van der Waals surface area contributed by atoms with Gasteiger partial charge in [-0.05, 0) is 20.8 Å². The van der Waals surface area contributed by atoms with Crippen molar-refractivity contribution in [3.63, 3.8) is 0 Å². The number of carbonyl (C=O) groups excluding carboxylic acids is 4. The van der Waals surface area contributed by atoms with E-state index in [9.17, 15) is 19.2 Å². The second kappa shape index (κ2) is 11.1. The van der Waals surface area contributed by atoms with Gasteiger partial charge in [-0.1, -0.05) is 0 Å². The van der Waals surface area contributed by atoms with Gasteiger partial charge in [0.2, 0.25) is 0 Å². The summed E-state index contributed by atoms with van der Waals surface area (Å²) in [5, 5.41) is 10.7. The molecule has 12 nitrogen and oxygen atoms in total. The average molecular weight is 465 g/mol. The van der Waals surface area contributed by atoms with Crippen LogP contribution in [0.4, 0.5) is 9.59 Å². The summed E-state index contributed by atoms with van der Waals surface area (Å²) in [6.07, 6.45) is 0. The normalized spacial score (nSPS) is 22.2. The van der Waals surface area contributed by atoms with Crippen LogP contribution in [0, 0.1) is 0 Å². The molecule has 182 valence electrons. The van der Waals surface area contributed by atoms with E-state index in [1.54, 1.807) is 13.8 Å². The van der Waals surface area contributed by atoms with Gasteiger partial charge in [-0.3, -0.25) is 9.80 Å². The van der Waals surface area contributed by atoms with Crippen LogP contribution in [-0.2, 0) is 19.1 Å². The Kier molecular flexibility index (Phi) is 8.28. The zero-order valence-electron chi connectivity index (χ0n) is 19.3. The van der Waals surface area contributed by atoms with E-state index < -0.39 is 11.9 Å². The van der Waals surface area contributed by atoms with Crippen molar-refractivity contribution in [2.75, 3.05) is 59.0 Å². The van der Waals surface area contributed by atoms with Gasteiger partial charge in [0.25, 0.3) is 0 Å². The third-order valence-corrected chi connectivity index (χ3v) is 5.74. The van der Waals surface area contributed by atoms with Gasteiger partial charge in [-0.2, -0.15) is 0 Å². The van der Waals surface area contributed by atoms with Crippen LogP contribution in [0.2, 0.25) is 0 Å². The number of nitrogens with zero attached hydrogens (tertiary/aromatic N) is 2. The molecule has 0 aliphatic carbocycles. The van der Waals surface area contributed by atoms with Gasteiger partial charge in [0, 0.05) is 50.2 Å². The number of ether oxygens (including phenoxy) is 2. The van der Waals surface area contributed by atoms with E-state index in [-0.39, 0.29) is 44.4 Å². The highest BCUT2D eigenvalue weighted by atomic mass is 16.5. The first-order valence-corrected chi connectivity index (χ1v) is 11.2. The van der Waals surface area contributed by atoms with Crippen molar-refractivity contribution in [3.8, 4) is 0 Å². The first-order valence-electron chi connectivity index (χ1n) is 11.2. The molecule has 0 aromatic heterocycles. The fourth-order valence-electron chi connectivity index (χ4n) is 4.04. The molecule has 0 spiro atoms. The summed E-state index contributed by atoms with van der Waals surface area (Å²) in [7, 11) is 0. The summed E-state index contributed by atoms with van der Waals surface area (Å²) in [4.78, 5) is 52.6. The molecule has 0 aromatic rings. The Balaban J connectivity index is 1.66. The number of hydrogen-bond donors (Lipinski definition) is 4. The molecule has 12 heteroatoms. The Morgan fingerprint density at radius 3 is 1.88 bits per heavy atom. The lowest BCUT2D eigenvalue weighted by Gasteiger charge is -2.41. The van der Waals surface area contributed by atoms with Crippen molar-refractivity contribution in [1.82, 2.24) is 31.1 Å².